The van der Waals surface area contributed by atoms with Gasteiger partial charge in [0, 0.05) is 11.8 Å². The van der Waals surface area contributed by atoms with Gasteiger partial charge in [-0.25, -0.2) is 0 Å². The average molecular weight is 663 g/mol. The number of allylic oxidation sites excluding steroid dienone is 2. The van der Waals surface area contributed by atoms with Crippen molar-refractivity contribution in [1.29, 1.82) is 0 Å². The number of aliphatic hydroxyl groups excluding tert-OH is 7. The number of unbranched alkanes of at least 4 members (excludes halogenated alkanes) is 9. The molecule has 2 aliphatic heterocycles. The normalized spacial score (nSPS) is 33.0. The maximum atomic E-state index is 12.0. The van der Waals surface area contributed by atoms with Crippen LogP contribution in [0, 0.1) is 5.41 Å². The number of ketones is 1. The van der Waals surface area contributed by atoms with Gasteiger partial charge in [0.05, 0.1) is 19.3 Å². The third-order valence-electron chi connectivity index (χ3n) is 8.84. The minimum Gasteiger partial charge on any atom is -0.394 e. The van der Waals surface area contributed by atoms with Gasteiger partial charge in [0.1, 0.15) is 54.6 Å². The highest BCUT2D eigenvalue weighted by molar-refractivity contribution is 5.83. The van der Waals surface area contributed by atoms with Crippen LogP contribution in [0.15, 0.2) is 12.2 Å². The van der Waals surface area contributed by atoms with Gasteiger partial charge in [-0.05, 0) is 45.4 Å². The molecule has 0 bridgehead atoms. The van der Waals surface area contributed by atoms with Crippen LogP contribution < -0.4 is 0 Å². The Morgan fingerprint density at radius 1 is 0.696 bits per heavy atom. The van der Waals surface area contributed by atoms with Gasteiger partial charge in [-0.2, -0.15) is 0 Å². The lowest BCUT2D eigenvalue weighted by Gasteiger charge is -2.46. The quantitative estimate of drug-likeness (QED) is 0.0701. The highest BCUT2D eigenvalue weighted by Gasteiger charge is 2.51. The lowest BCUT2D eigenvalue weighted by atomic mass is 9.88. The zero-order valence-electron chi connectivity index (χ0n) is 28.3. The second-order valence-electron chi connectivity index (χ2n) is 13.9. The summed E-state index contributed by atoms with van der Waals surface area (Å²) in [6, 6.07) is 0. The van der Waals surface area contributed by atoms with E-state index < -0.39 is 74.6 Å². The van der Waals surface area contributed by atoms with Gasteiger partial charge in [-0.3, -0.25) is 4.79 Å². The number of Topliss-reactive ketones (excluding diaryl/α,β-unsaturated/α-hetero) is 1. The summed E-state index contributed by atoms with van der Waals surface area (Å²) < 4.78 is 22.8. The molecular formula is C34H62O12. The van der Waals surface area contributed by atoms with E-state index in [-0.39, 0.29) is 11.5 Å². The summed E-state index contributed by atoms with van der Waals surface area (Å²) >= 11 is 0. The van der Waals surface area contributed by atoms with E-state index in [0.29, 0.717) is 18.6 Å². The molecule has 270 valence electrons. The first-order valence-corrected chi connectivity index (χ1v) is 17.2. The van der Waals surface area contributed by atoms with Gasteiger partial charge in [0.15, 0.2) is 12.6 Å². The number of carbonyl (C=O) groups is 1. The summed E-state index contributed by atoms with van der Waals surface area (Å²) in [7, 11) is 0. The fraction of sp³-hybridized carbons (Fsp3) is 0.912. The smallest absolute Gasteiger partial charge is 0.187 e. The van der Waals surface area contributed by atoms with Gasteiger partial charge in [0.25, 0.3) is 0 Å². The fourth-order valence-electron chi connectivity index (χ4n) is 5.68. The molecule has 0 aromatic carbocycles. The molecule has 7 N–H and O–H groups in total. The van der Waals surface area contributed by atoms with Crippen molar-refractivity contribution in [3.05, 3.63) is 12.2 Å². The number of aliphatic hydroxyl groups is 7. The van der Waals surface area contributed by atoms with Crippen molar-refractivity contribution in [3.8, 4) is 0 Å². The monoisotopic (exact) mass is 662 g/mol. The zero-order valence-corrected chi connectivity index (χ0v) is 28.3. The number of hydrogen-bond donors (Lipinski definition) is 7. The van der Waals surface area contributed by atoms with Gasteiger partial charge >= 0.3 is 0 Å². The van der Waals surface area contributed by atoms with Crippen LogP contribution >= 0.6 is 0 Å². The molecule has 2 heterocycles. The second kappa shape index (κ2) is 21.1. The molecule has 0 aromatic rings. The van der Waals surface area contributed by atoms with Crippen molar-refractivity contribution in [2.45, 2.75) is 179 Å². The third-order valence-corrected chi connectivity index (χ3v) is 8.84. The molecule has 0 amide bonds. The molecule has 0 spiro atoms. The standard InChI is InChI=1S/C34H62O12/c1-22(18-16-14-12-10-8-6-5-7-9-11-13-15-17-19-25(37)34(2,3)4)43-33-31(29(41)27(39)24(21-36)45-33)46-32-30(42)28(40)26(38)23(20-35)44-32/h5-6,22-24,26-33,35-36,38-42H,7-21H2,1-4H3/b6-5-. The van der Waals surface area contributed by atoms with Gasteiger partial charge in [-0.1, -0.05) is 71.4 Å². The minimum atomic E-state index is -1.71. The first-order chi connectivity index (χ1) is 21.8. The van der Waals surface area contributed by atoms with Crippen LogP contribution in [0.5, 0.6) is 0 Å². The Morgan fingerprint density at radius 3 is 1.76 bits per heavy atom. The van der Waals surface area contributed by atoms with Crippen molar-refractivity contribution in [3.63, 3.8) is 0 Å². The summed E-state index contributed by atoms with van der Waals surface area (Å²) in [5.74, 6) is 0.350. The predicted octanol–water partition coefficient (Wildman–Crippen LogP) is 2.26. The van der Waals surface area contributed by atoms with Gasteiger partial charge in [0.2, 0.25) is 0 Å². The molecule has 46 heavy (non-hydrogen) atoms. The van der Waals surface area contributed by atoms with Crippen LogP contribution in [0.25, 0.3) is 0 Å². The molecule has 2 saturated heterocycles. The largest absolute Gasteiger partial charge is 0.394 e. The lowest BCUT2D eigenvalue weighted by Crippen LogP contribution is -2.64. The minimum absolute atomic E-state index is 0.227. The van der Waals surface area contributed by atoms with Crippen LogP contribution in [0.3, 0.4) is 0 Å². The molecule has 11 unspecified atom stereocenters. The Labute approximate surface area is 274 Å². The maximum absolute atomic E-state index is 12.0. The average Bonchev–Trinajstić information content (AvgIpc) is 3.01. The highest BCUT2D eigenvalue weighted by Crippen LogP contribution is 2.30. The highest BCUT2D eigenvalue weighted by atomic mass is 16.8. The van der Waals surface area contributed by atoms with Crippen LogP contribution in [-0.4, -0.2) is 122 Å². The summed E-state index contributed by atoms with van der Waals surface area (Å²) in [4.78, 5) is 12.0. The number of rotatable bonds is 21. The fourth-order valence-corrected chi connectivity index (χ4v) is 5.68. The van der Waals surface area contributed by atoms with Crippen molar-refractivity contribution in [2.75, 3.05) is 13.2 Å². The Kier molecular flexibility index (Phi) is 18.9. The van der Waals surface area contributed by atoms with E-state index in [1.165, 1.54) is 19.3 Å². The summed E-state index contributed by atoms with van der Waals surface area (Å²) in [6.07, 6.45) is 2.83. The maximum Gasteiger partial charge on any atom is 0.187 e. The SMILES string of the molecule is CC(CCCCCC/C=C\CCCCCCCC(=O)C(C)(C)C)OC1OC(CO)C(O)C(O)C1OC1OC(CO)C(O)C(O)C1O. The second-order valence-corrected chi connectivity index (χ2v) is 13.9. The first-order valence-electron chi connectivity index (χ1n) is 17.2. The molecule has 2 fully saturated rings. The van der Waals surface area contributed by atoms with Gasteiger partial charge < -0.3 is 54.7 Å². The molecule has 2 aliphatic rings. The van der Waals surface area contributed by atoms with Gasteiger partial charge in [-0.15, -0.1) is 0 Å². The zero-order chi connectivity index (χ0) is 34.3. The van der Waals surface area contributed by atoms with Crippen LogP contribution in [0.4, 0.5) is 0 Å². The number of hydrogen-bond acceptors (Lipinski definition) is 12. The summed E-state index contributed by atoms with van der Waals surface area (Å²) in [6.45, 7) is 6.56. The molecular weight excluding hydrogens is 600 g/mol. The predicted molar refractivity (Wildman–Crippen MR) is 171 cm³/mol. The molecule has 0 saturated carbocycles. The molecule has 0 radical (unpaired) electrons. The molecule has 2 rings (SSSR count). The van der Waals surface area contributed by atoms with E-state index in [1.807, 2.05) is 27.7 Å². The van der Waals surface area contributed by atoms with E-state index in [9.17, 15) is 40.5 Å². The van der Waals surface area contributed by atoms with Crippen molar-refractivity contribution in [2.24, 2.45) is 5.41 Å². The molecule has 12 heteroatoms. The van der Waals surface area contributed by atoms with E-state index in [0.717, 1.165) is 51.4 Å². The molecule has 11 atom stereocenters. The van der Waals surface area contributed by atoms with E-state index in [2.05, 4.69) is 12.2 Å². The number of ether oxygens (including phenoxy) is 4. The topological polar surface area (TPSA) is 196 Å². The van der Waals surface area contributed by atoms with Crippen molar-refractivity contribution in [1.82, 2.24) is 0 Å². The Hall–Kier alpha value is -1.03. The Balaban J connectivity index is 1.66. The number of carbonyl (C=O) groups excluding carboxylic acids is 1. The third kappa shape index (κ3) is 13.5. The molecule has 0 aromatic heterocycles. The Morgan fingerprint density at radius 2 is 1.20 bits per heavy atom. The molecule has 0 aliphatic carbocycles. The first kappa shape index (κ1) is 41.1. The Bertz CT molecular complexity index is 862. The van der Waals surface area contributed by atoms with Crippen LogP contribution in [0.2, 0.25) is 0 Å². The van der Waals surface area contributed by atoms with E-state index in [1.54, 1.807) is 0 Å². The van der Waals surface area contributed by atoms with Crippen molar-refractivity contribution >= 4 is 5.78 Å². The summed E-state index contributed by atoms with van der Waals surface area (Å²) in [5, 5.41) is 70.8. The molecule has 12 nitrogen and oxygen atoms in total. The lowest BCUT2D eigenvalue weighted by molar-refractivity contribution is -0.371. The summed E-state index contributed by atoms with van der Waals surface area (Å²) in [5.41, 5.74) is -0.227. The van der Waals surface area contributed by atoms with E-state index >= 15 is 0 Å². The van der Waals surface area contributed by atoms with Crippen LogP contribution in [-0.2, 0) is 23.7 Å². The van der Waals surface area contributed by atoms with E-state index in [4.69, 9.17) is 18.9 Å². The van der Waals surface area contributed by atoms with Crippen LogP contribution in [0.1, 0.15) is 111 Å². The van der Waals surface area contributed by atoms with Crippen molar-refractivity contribution < 1.29 is 59.5 Å².